The number of benzene rings is 3. The van der Waals surface area contributed by atoms with Crippen LogP contribution in [0.2, 0.25) is 0 Å². The standard InChI is InChI=1S/C40H50O10/c1-26-34(37-38(39(42-5)46-26)50-40(3,4)49-37)48-32-21-31(35(36(32)47-27(2)41)45-24-30-19-13-8-14-20-30)33(44-23-29-17-11-7-12-18-29)25-43-22-28-15-9-6-10-16-28/h6-20,26,31-39H,21-25H2,1-5H3/t26-,31-,32+,33+,34-,35-,36-,37+,38+,39+/m0/s1. The number of hydrogen-bond donors (Lipinski definition) is 0. The van der Waals surface area contributed by atoms with Gasteiger partial charge in [0.25, 0.3) is 0 Å². The Morgan fingerprint density at radius 2 is 1.38 bits per heavy atom. The summed E-state index contributed by atoms with van der Waals surface area (Å²) in [6.45, 7) is 8.49. The molecule has 10 heteroatoms. The van der Waals surface area contributed by atoms with Crippen LogP contribution in [0.4, 0.5) is 0 Å². The van der Waals surface area contributed by atoms with E-state index in [9.17, 15) is 4.79 Å². The van der Waals surface area contributed by atoms with Crippen LogP contribution in [0.25, 0.3) is 0 Å². The molecule has 1 saturated carbocycles. The highest BCUT2D eigenvalue weighted by molar-refractivity contribution is 5.66. The molecule has 0 bridgehead atoms. The van der Waals surface area contributed by atoms with Crippen LogP contribution in [0, 0.1) is 5.92 Å². The van der Waals surface area contributed by atoms with Gasteiger partial charge in [-0.2, -0.15) is 0 Å². The molecule has 2 heterocycles. The van der Waals surface area contributed by atoms with E-state index in [2.05, 4.69) is 0 Å². The summed E-state index contributed by atoms with van der Waals surface area (Å²) >= 11 is 0. The first-order valence-electron chi connectivity index (χ1n) is 17.5. The van der Waals surface area contributed by atoms with Crippen LogP contribution in [0.15, 0.2) is 91.0 Å². The zero-order valence-corrected chi connectivity index (χ0v) is 29.6. The Balaban J connectivity index is 1.29. The van der Waals surface area contributed by atoms with Crippen LogP contribution < -0.4 is 0 Å². The van der Waals surface area contributed by atoms with Gasteiger partial charge in [-0.05, 0) is 43.9 Å². The lowest BCUT2D eigenvalue weighted by molar-refractivity contribution is -0.279. The lowest BCUT2D eigenvalue weighted by Crippen LogP contribution is -2.58. The maximum Gasteiger partial charge on any atom is 0.303 e. The third-order valence-corrected chi connectivity index (χ3v) is 9.51. The summed E-state index contributed by atoms with van der Waals surface area (Å²) in [4.78, 5) is 12.7. The maximum absolute atomic E-state index is 12.7. The molecule has 0 spiro atoms. The molecule has 10 nitrogen and oxygen atoms in total. The van der Waals surface area contributed by atoms with E-state index in [0.29, 0.717) is 32.8 Å². The van der Waals surface area contributed by atoms with Crippen LogP contribution in [-0.2, 0) is 67.2 Å². The molecule has 0 aromatic heterocycles. The number of methoxy groups -OCH3 is 1. The molecule has 270 valence electrons. The minimum Gasteiger partial charge on any atom is -0.457 e. The van der Waals surface area contributed by atoms with Crippen molar-refractivity contribution in [3.05, 3.63) is 108 Å². The summed E-state index contributed by atoms with van der Waals surface area (Å²) in [6, 6.07) is 30.0. The molecule has 0 unspecified atom stereocenters. The first-order chi connectivity index (χ1) is 24.2. The van der Waals surface area contributed by atoms with Crippen molar-refractivity contribution in [1.82, 2.24) is 0 Å². The van der Waals surface area contributed by atoms with E-state index in [0.717, 1.165) is 16.7 Å². The predicted octanol–water partition coefficient (Wildman–Crippen LogP) is 5.99. The zero-order chi connectivity index (χ0) is 35.1. The zero-order valence-electron chi connectivity index (χ0n) is 29.6. The van der Waals surface area contributed by atoms with E-state index in [1.807, 2.05) is 112 Å². The normalized spacial score (nSPS) is 30.9. The number of esters is 1. The van der Waals surface area contributed by atoms with Crippen LogP contribution in [0.1, 0.15) is 50.8 Å². The van der Waals surface area contributed by atoms with Crippen LogP contribution >= 0.6 is 0 Å². The third-order valence-electron chi connectivity index (χ3n) is 9.51. The van der Waals surface area contributed by atoms with Crippen molar-refractivity contribution < 1.29 is 47.4 Å². The highest BCUT2D eigenvalue weighted by Crippen LogP contribution is 2.43. The molecule has 3 aromatic carbocycles. The van der Waals surface area contributed by atoms with Crippen molar-refractivity contribution in [1.29, 1.82) is 0 Å². The summed E-state index contributed by atoms with van der Waals surface area (Å²) in [5.74, 6) is -1.54. The lowest BCUT2D eigenvalue weighted by atomic mass is 9.97. The summed E-state index contributed by atoms with van der Waals surface area (Å²) in [6.07, 6.45) is -4.34. The van der Waals surface area contributed by atoms with Gasteiger partial charge < -0.3 is 42.6 Å². The van der Waals surface area contributed by atoms with E-state index in [1.54, 1.807) is 7.11 Å². The molecule has 3 fully saturated rings. The maximum atomic E-state index is 12.7. The van der Waals surface area contributed by atoms with E-state index in [4.69, 9.17) is 42.6 Å². The molecule has 3 aliphatic rings. The Morgan fingerprint density at radius 3 is 1.98 bits per heavy atom. The van der Waals surface area contributed by atoms with Gasteiger partial charge >= 0.3 is 5.97 Å². The van der Waals surface area contributed by atoms with Gasteiger partial charge in [-0.1, -0.05) is 91.0 Å². The smallest absolute Gasteiger partial charge is 0.303 e. The quantitative estimate of drug-likeness (QED) is 0.177. The topological polar surface area (TPSA) is 100 Å². The fraction of sp³-hybridized carbons (Fsp3) is 0.525. The second-order valence-corrected chi connectivity index (χ2v) is 13.7. The Bertz CT molecular complexity index is 1470. The Labute approximate surface area is 295 Å². The Hall–Kier alpha value is -3.19. The molecule has 0 radical (unpaired) electrons. The average Bonchev–Trinajstić information content (AvgIpc) is 3.62. The van der Waals surface area contributed by atoms with Crippen molar-refractivity contribution in [2.75, 3.05) is 13.7 Å². The van der Waals surface area contributed by atoms with Gasteiger partial charge in [0.15, 0.2) is 18.2 Å². The first kappa shape index (κ1) is 36.6. The molecule has 3 aromatic rings. The molecule has 10 atom stereocenters. The Kier molecular flexibility index (Phi) is 12.4. The largest absolute Gasteiger partial charge is 0.457 e. The predicted molar refractivity (Wildman–Crippen MR) is 184 cm³/mol. The number of rotatable bonds is 15. The molecular formula is C40H50O10. The lowest BCUT2D eigenvalue weighted by Gasteiger charge is -2.41. The Morgan fingerprint density at radius 1 is 0.800 bits per heavy atom. The summed E-state index contributed by atoms with van der Waals surface area (Å²) in [5.41, 5.74) is 3.10. The van der Waals surface area contributed by atoms with E-state index in [1.165, 1.54) is 6.92 Å². The van der Waals surface area contributed by atoms with E-state index < -0.39 is 66.9 Å². The molecular weight excluding hydrogens is 640 g/mol. The van der Waals surface area contributed by atoms with Crippen molar-refractivity contribution in [2.24, 2.45) is 5.92 Å². The number of ether oxygens (including phenoxy) is 9. The highest BCUT2D eigenvalue weighted by atomic mass is 16.8. The third kappa shape index (κ3) is 9.18. The number of carbonyl (C=O) groups is 1. The number of hydrogen-bond acceptors (Lipinski definition) is 10. The van der Waals surface area contributed by atoms with Crippen molar-refractivity contribution >= 4 is 5.97 Å². The monoisotopic (exact) mass is 690 g/mol. The summed E-state index contributed by atoms with van der Waals surface area (Å²) in [7, 11) is 1.59. The number of carbonyl (C=O) groups excluding carboxylic acids is 1. The van der Waals surface area contributed by atoms with Crippen LogP contribution in [0.5, 0.6) is 0 Å². The van der Waals surface area contributed by atoms with Gasteiger partial charge in [-0.3, -0.25) is 4.79 Å². The highest BCUT2D eigenvalue weighted by Gasteiger charge is 2.58. The fourth-order valence-corrected chi connectivity index (χ4v) is 7.24. The fourth-order valence-electron chi connectivity index (χ4n) is 7.24. The second-order valence-electron chi connectivity index (χ2n) is 13.7. The SMILES string of the molecule is CO[C@@H]1O[C@@H](C)[C@H](O[C@@H]2C[C@@H]([C@@H](COCc3ccccc3)OCc3ccccc3)[C@H](OCc3ccccc3)[C@H]2OC(C)=O)[C@H]2OC(C)(C)O[C@@H]12. The summed E-state index contributed by atoms with van der Waals surface area (Å²) < 4.78 is 57.2. The van der Waals surface area contributed by atoms with Gasteiger partial charge in [-0.25, -0.2) is 0 Å². The number of fused-ring (bicyclic) bond motifs is 1. The molecule has 2 aliphatic heterocycles. The van der Waals surface area contributed by atoms with E-state index in [-0.39, 0.29) is 5.92 Å². The average molecular weight is 691 g/mol. The summed E-state index contributed by atoms with van der Waals surface area (Å²) in [5, 5.41) is 0. The molecule has 0 amide bonds. The van der Waals surface area contributed by atoms with Crippen molar-refractivity contribution in [3.63, 3.8) is 0 Å². The van der Waals surface area contributed by atoms with Gasteiger partial charge in [0.05, 0.1) is 44.7 Å². The van der Waals surface area contributed by atoms with Gasteiger partial charge in [0.2, 0.25) is 0 Å². The van der Waals surface area contributed by atoms with Gasteiger partial charge in [0.1, 0.15) is 24.4 Å². The minimum absolute atomic E-state index is 0.257. The molecule has 0 N–H and O–H groups in total. The minimum atomic E-state index is -0.859. The van der Waals surface area contributed by atoms with Crippen molar-refractivity contribution in [2.45, 2.75) is 115 Å². The van der Waals surface area contributed by atoms with Gasteiger partial charge in [-0.15, -0.1) is 0 Å². The molecule has 50 heavy (non-hydrogen) atoms. The first-order valence-corrected chi connectivity index (χ1v) is 17.5. The second kappa shape index (κ2) is 16.9. The van der Waals surface area contributed by atoms with Crippen LogP contribution in [0.3, 0.4) is 0 Å². The van der Waals surface area contributed by atoms with Crippen molar-refractivity contribution in [3.8, 4) is 0 Å². The van der Waals surface area contributed by atoms with Crippen LogP contribution in [-0.4, -0.2) is 80.6 Å². The molecule has 6 rings (SSSR count). The van der Waals surface area contributed by atoms with E-state index >= 15 is 0 Å². The van der Waals surface area contributed by atoms with Gasteiger partial charge in [0, 0.05) is 20.0 Å². The molecule has 1 aliphatic carbocycles. The molecule has 2 saturated heterocycles.